The summed E-state index contributed by atoms with van der Waals surface area (Å²) >= 11 is 0. The molecule has 2 aromatic rings. The van der Waals surface area contributed by atoms with Gasteiger partial charge in [-0.25, -0.2) is 4.79 Å². The van der Waals surface area contributed by atoms with Gasteiger partial charge in [0.05, 0.1) is 18.7 Å². The van der Waals surface area contributed by atoms with E-state index in [1.807, 2.05) is 41.4 Å². The molecule has 1 saturated heterocycles. The highest BCUT2D eigenvalue weighted by Gasteiger charge is 2.63. The average molecular weight is 363 g/mol. The minimum absolute atomic E-state index is 0.0139. The first-order valence-electron chi connectivity index (χ1n) is 9.36. The van der Waals surface area contributed by atoms with E-state index in [4.69, 9.17) is 9.47 Å². The van der Waals surface area contributed by atoms with E-state index >= 15 is 0 Å². The minimum atomic E-state index is -0.302. The summed E-state index contributed by atoms with van der Waals surface area (Å²) in [4.78, 5) is 12.5. The van der Waals surface area contributed by atoms with Crippen LogP contribution in [0.3, 0.4) is 0 Å². The molecule has 2 aromatic carbocycles. The zero-order valence-corrected chi connectivity index (χ0v) is 14.9. The van der Waals surface area contributed by atoms with Gasteiger partial charge in [0.2, 0.25) is 0 Å². The fraction of sp³-hybridized carbons (Fsp3) is 0.381. The highest BCUT2D eigenvalue weighted by atomic mass is 16.6. The first kappa shape index (κ1) is 16.4. The summed E-state index contributed by atoms with van der Waals surface area (Å²) in [7, 11) is 0. The smallest absolute Gasteiger partial charge is 0.338 e. The molecule has 1 aliphatic carbocycles. The van der Waals surface area contributed by atoms with Crippen LogP contribution in [0.2, 0.25) is 0 Å². The van der Waals surface area contributed by atoms with E-state index in [1.165, 1.54) is 5.56 Å². The zero-order chi connectivity index (χ0) is 18.3. The van der Waals surface area contributed by atoms with Gasteiger partial charge in [0, 0.05) is 0 Å². The number of hydrogen-bond donors (Lipinski definition) is 0. The molecule has 0 bridgehead atoms. The Bertz CT molecular complexity index is 851. The third-order valence-electron chi connectivity index (χ3n) is 5.69. The number of fused-ring (bicyclic) bond motifs is 2. The standard InChI is InChI=1S/C21H21N3O3/c25-20(16-9-5-2-6-10-16)27-17-11-12-21(14-26-21)19-18(17)22-23-24(19)13-15-7-3-1-4-8-15/h1-10,17-19H,11-14H2. The van der Waals surface area contributed by atoms with Gasteiger partial charge in [0.25, 0.3) is 0 Å². The van der Waals surface area contributed by atoms with Crippen molar-refractivity contribution in [2.45, 2.75) is 43.2 Å². The summed E-state index contributed by atoms with van der Waals surface area (Å²) in [6.07, 6.45) is 1.33. The molecule has 0 aromatic heterocycles. The fourth-order valence-electron chi connectivity index (χ4n) is 4.20. The Labute approximate surface area is 157 Å². The highest BCUT2D eigenvalue weighted by molar-refractivity contribution is 5.89. The van der Waals surface area contributed by atoms with Crippen molar-refractivity contribution in [3.05, 3.63) is 71.8 Å². The van der Waals surface area contributed by atoms with Gasteiger partial charge in [-0.2, -0.15) is 5.11 Å². The van der Waals surface area contributed by atoms with Crippen molar-refractivity contribution in [2.75, 3.05) is 6.61 Å². The number of rotatable bonds is 4. The number of ether oxygens (including phenoxy) is 2. The molecule has 6 nitrogen and oxygen atoms in total. The number of nitrogens with zero attached hydrogens (tertiary/aromatic N) is 3. The molecule has 2 fully saturated rings. The summed E-state index contributed by atoms with van der Waals surface area (Å²) in [6.45, 7) is 1.40. The second-order valence-electron chi connectivity index (χ2n) is 7.43. The number of carbonyl (C=O) groups is 1. The number of esters is 1. The Hall–Kier alpha value is -2.73. The van der Waals surface area contributed by atoms with E-state index in [1.54, 1.807) is 12.1 Å². The summed E-state index contributed by atoms with van der Waals surface area (Å²) < 4.78 is 11.7. The molecule has 2 heterocycles. The van der Waals surface area contributed by atoms with E-state index in [2.05, 4.69) is 22.5 Å². The Morgan fingerprint density at radius 3 is 2.56 bits per heavy atom. The van der Waals surface area contributed by atoms with Crippen molar-refractivity contribution in [1.29, 1.82) is 0 Å². The van der Waals surface area contributed by atoms with Crippen LogP contribution in [0.25, 0.3) is 0 Å². The lowest BCUT2D eigenvalue weighted by molar-refractivity contribution is -0.0155. The SMILES string of the molecule is O=C(OC1CCC2(CO2)C2C1N=NN2Cc1ccccc1)c1ccccc1. The molecule has 0 amide bonds. The predicted octanol–water partition coefficient (Wildman–Crippen LogP) is 3.40. The minimum Gasteiger partial charge on any atom is -0.456 e. The largest absolute Gasteiger partial charge is 0.456 e. The highest BCUT2D eigenvalue weighted by Crippen LogP contribution is 2.48. The van der Waals surface area contributed by atoms with Gasteiger partial charge >= 0.3 is 5.97 Å². The fourth-order valence-corrected chi connectivity index (χ4v) is 4.20. The molecule has 4 unspecified atom stereocenters. The number of epoxide rings is 1. The normalized spacial score (nSPS) is 31.0. The van der Waals surface area contributed by atoms with Crippen LogP contribution in [0, 0.1) is 0 Å². The Morgan fingerprint density at radius 1 is 1.15 bits per heavy atom. The van der Waals surface area contributed by atoms with Crippen LogP contribution < -0.4 is 0 Å². The molecule has 1 spiro atoms. The van der Waals surface area contributed by atoms with Crippen LogP contribution in [0.1, 0.15) is 28.8 Å². The molecular formula is C21H21N3O3. The molecule has 1 saturated carbocycles. The third kappa shape index (κ3) is 3.00. The van der Waals surface area contributed by atoms with Crippen LogP contribution in [0.4, 0.5) is 0 Å². The average Bonchev–Trinajstić information content (AvgIpc) is 3.36. The lowest BCUT2D eigenvalue weighted by atomic mass is 9.79. The van der Waals surface area contributed by atoms with Crippen molar-refractivity contribution in [1.82, 2.24) is 5.01 Å². The molecule has 4 atom stereocenters. The Balaban J connectivity index is 1.34. The monoisotopic (exact) mass is 363 g/mol. The first-order chi connectivity index (χ1) is 13.3. The first-order valence-corrected chi connectivity index (χ1v) is 9.36. The maximum Gasteiger partial charge on any atom is 0.338 e. The van der Waals surface area contributed by atoms with Crippen molar-refractivity contribution in [3.63, 3.8) is 0 Å². The summed E-state index contributed by atoms with van der Waals surface area (Å²) in [5.41, 5.74) is 1.54. The van der Waals surface area contributed by atoms with E-state index < -0.39 is 0 Å². The molecule has 5 rings (SSSR count). The third-order valence-corrected chi connectivity index (χ3v) is 5.69. The van der Waals surface area contributed by atoms with Crippen LogP contribution in [0.15, 0.2) is 71.0 Å². The van der Waals surface area contributed by atoms with Crippen LogP contribution in [0.5, 0.6) is 0 Å². The quantitative estimate of drug-likeness (QED) is 0.617. The lowest BCUT2D eigenvalue weighted by Gasteiger charge is -2.38. The van der Waals surface area contributed by atoms with Crippen LogP contribution >= 0.6 is 0 Å². The maximum atomic E-state index is 12.5. The van der Waals surface area contributed by atoms with Crippen LogP contribution in [-0.2, 0) is 16.0 Å². The molecule has 3 aliphatic rings. The van der Waals surface area contributed by atoms with Crippen LogP contribution in [-0.4, -0.2) is 41.4 Å². The second kappa shape index (κ2) is 6.46. The van der Waals surface area contributed by atoms with E-state index in [0.717, 1.165) is 19.4 Å². The molecule has 2 aliphatic heterocycles. The molecular weight excluding hydrogens is 342 g/mol. The van der Waals surface area contributed by atoms with Gasteiger partial charge in [-0.3, -0.25) is 5.01 Å². The van der Waals surface area contributed by atoms with Crippen molar-refractivity contribution >= 4 is 5.97 Å². The van der Waals surface area contributed by atoms with E-state index in [9.17, 15) is 4.79 Å². The summed E-state index contributed by atoms with van der Waals surface area (Å²) in [5.74, 6) is -0.302. The lowest BCUT2D eigenvalue weighted by Crippen LogP contribution is -2.55. The number of benzene rings is 2. The van der Waals surface area contributed by atoms with Crippen molar-refractivity contribution in [2.24, 2.45) is 10.3 Å². The van der Waals surface area contributed by atoms with E-state index in [-0.39, 0.29) is 29.8 Å². The van der Waals surface area contributed by atoms with Gasteiger partial charge < -0.3 is 9.47 Å². The van der Waals surface area contributed by atoms with Gasteiger partial charge in [0.1, 0.15) is 23.8 Å². The number of carbonyl (C=O) groups excluding carboxylic acids is 1. The van der Waals surface area contributed by atoms with Gasteiger partial charge in [0.15, 0.2) is 0 Å². The van der Waals surface area contributed by atoms with Crippen molar-refractivity contribution < 1.29 is 14.3 Å². The van der Waals surface area contributed by atoms with Gasteiger partial charge in [-0.05, 0) is 30.5 Å². The predicted molar refractivity (Wildman–Crippen MR) is 98.0 cm³/mol. The van der Waals surface area contributed by atoms with E-state index in [0.29, 0.717) is 12.1 Å². The topological polar surface area (TPSA) is 66.8 Å². The summed E-state index contributed by atoms with van der Waals surface area (Å²) in [6, 6.07) is 19.1. The Morgan fingerprint density at radius 2 is 1.85 bits per heavy atom. The molecule has 138 valence electrons. The van der Waals surface area contributed by atoms with Gasteiger partial charge in [-0.1, -0.05) is 53.8 Å². The molecule has 0 radical (unpaired) electrons. The summed E-state index contributed by atoms with van der Waals surface area (Å²) in [5, 5.41) is 10.9. The maximum absolute atomic E-state index is 12.5. The zero-order valence-electron chi connectivity index (χ0n) is 14.9. The molecule has 27 heavy (non-hydrogen) atoms. The van der Waals surface area contributed by atoms with Crippen molar-refractivity contribution in [3.8, 4) is 0 Å². The second-order valence-corrected chi connectivity index (χ2v) is 7.43. The molecule has 0 N–H and O–H groups in total. The Kier molecular flexibility index (Phi) is 3.93. The van der Waals surface area contributed by atoms with Gasteiger partial charge in [-0.15, -0.1) is 0 Å². The molecule has 6 heteroatoms. The number of hydrogen-bond acceptors (Lipinski definition) is 6.